The van der Waals surface area contributed by atoms with Crippen LogP contribution in [-0.4, -0.2) is 14.6 Å². The molecular formula is C18H12FN3OS. The Hall–Kier alpha value is -2.86. The Morgan fingerprint density at radius 3 is 2.67 bits per heavy atom. The standard InChI is InChI=1S/C18H12FN3OS/c1-11-5-7-13(8-6-11)16-20-18-22(21-16)17(23)15(24-18)10-12-3-2-4-14(19)9-12/h2-10H,1H3/b15-10+. The second kappa shape index (κ2) is 5.65. The van der Waals surface area contributed by atoms with Gasteiger partial charge in [-0.15, -0.1) is 5.10 Å². The first-order valence-electron chi connectivity index (χ1n) is 7.34. The summed E-state index contributed by atoms with van der Waals surface area (Å²) in [5.41, 5.74) is 2.41. The lowest BCUT2D eigenvalue weighted by molar-refractivity contribution is 0.627. The highest BCUT2D eigenvalue weighted by atomic mass is 32.1. The van der Waals surface area contributed by atoms with Crippen LogP contribution in [0.25, 0.3) is 22.4 Å². The molecule has 0 aliphatic heterocycles. The fraction of sp³-hybridized carbons (Fsp3) is 0.0556. The van der Waals surface area contributed by atoms with E-state index in [1.807, 2.05) is 31.2 Å². The van der Waals surface area contributed by atoms with Crippen molar-refractivity contribution in [2.45, 2.75) is 6.92 Å². The molecule has 0 aliphatic rings. The smallest absolute Gasteiger partial charge is 0.266 e. The molecule has 0 radical (unpaired) electrons. The Labute approximate surface area is 140 Å². The minimum absolute atomic E-state index is 0.245. The van der Waals surface area contributed by atoms with Gasteiger partial charge in [0.1, 0.15) is 5.82 Å². The summed E-state index contributed by atoms with van der Waals surface area (Å²) in [6.07, 6.45) is 1.65. The second-order valence-electron chi connectivity index (χ2n) is 5.47. The predicted molar refractivity (Wildman–Crippen MR) is 92.5 cm³/mol. The zero-order valence-electron chi connectivity index (χ0n) is 12.7. The van der Waals surface area contributed by atoms with Crippen molar-refractivity contribution >= 4 is 22.4 Å². The van der Waals surface area contributed by atoms with Crippen LogP contribution in [0, 0.1) is 12.7 Å². The minimum Gasteiger partial charge on any atom is -0.266 e. The topological polar surface area (TPSA) is 47.3 Å². The van der Waals surface area contributed by atoms with E-state index in [0.717, 1.165) is 11.1 Å². The Morgan fingerprint density at radius 1 is 1.17 bits per heavy atom. The van der Waals surface area contributed by atoms with Crippen LogP contribution in [0.1, 0.15) is 11.1 Å². The fourth-order valence-electron chi connectivity index (χ4n) is 2.41. The molecule has 2 heterocycles. The summed E-state index contributed by atoms with van der Waals surface area (Å²) in [6.45, 7) is 2.01. The Balaban J connectivity index is 1.81. The van der Waals surface area contributed by atoms with E-state index in [2.05, 4.69) is 10.1 Å². The molecule has 0 saturated carbocycles. The zero-order valence-corrected chi connectivity index (χ0v) is 13.5. The van der Waals surface area contributed by atoms with E-state index < -0.39 is 0 Å². The van der Waals surface area contributed by atoms with Gasteiger partial charge in [-0.1, -0.05) is 53.3 Å². The highest BCUT2D eigenvalue weighted by molar-refractivity contribution is 7.15. The van der Waals surface area contributed by atoms with Crippen molar-refractivity contribution in [2.75, 3.05) is 0 Å². The number of fused-ring (bicyclic) bond motifs is 1. The van der Waals surface area contributed by atoms with Crippen LogP contribution >= 0.6 is 11.3 Å². The summed E-state index contributed by atoms with van der Waals surface area (Å²) >= 11 is 1.24. The highest BCUT2D eigenvalue weighted by Gasteiger charge is 2.11. The molecule has 2 aromatic heterocycles. The molecule has 0 saturated heterocycles. The van der Waals surface area contributed by atoms with Crippen LogP contribution in [0.2, 0.25) is 0 Å². The van der Waals surface area contributed by atoms with Gasteiger partial charge in [0, 0.05) is 5.56 Å². The number of hydrogen-bond acceptors (Lipinski definition) is 4. The van der Waals surface area contributed by atoms with Crippen molar-refractivity contribution in [3.63, 3.8) is 0 Å². The molecular weight excluding hydrogens is 325 g/mol. The quantitative estimate of drug-likeness (QED) is 0.565. The molecule has 4 rings (SSSR count). The van der Waals surface area contributed by atoms with Gasteiger partial charge >= 0.3 is 0 Å². The van der Waals surface area contributed by atoms with E-state index in [-0.39, 0.29) is 11.4 Å². The number of rotatable bonds is 2. The molecule has 0 atom stereocenters. The summed E-state index contributed by atoms with van der Waals surface area (Å²) < 4.78 is 15.0. The molecule has 0 amide bonds. The van der Waals surface area contributed by atoms with Crippen molar-refractivity contribution in [2.24, 2.45) is 0 Å². The molecule has 2 aromatic carbocycles. The molecule has 4 nitrogen and oxygen atoms in total. The van der Waals surface area contributed by atoms with Crippen LogP contribution < -0.4 is 10.1 Å². The van der Waals surface area contributed by atoms with Crippen LogP contribution in [-0.2, 0) is 0 Å². The lowest BCUT2D eigenvalue weighted by Crippen LogP contribution is -2.23. The van der Waals surface area contributed by atoms with Crippen molar-refractivity contribution < 1.29 is 4.39 Å². The first kappa shape index (κ1) is 14.7. The lowest BCUT2D eigenvalue weighted by atomic mass is 10.1. The summed E-state index contributed by atoms with van der Waals surface area (Å²) in [7, 11) is 0. The molecule has 0 aliphatic carbocycles. The maximum atomic E-state index is 13.3. The third kappa shape index (κ3) is 2.61. The van der Waals surface area contributed by atoms with Crippen LogP contribution in [0.4, 0.5) is 4.39 Å². The Kier molecular flexibility index (Phi) is 3.46. The van der Waals surface area contributed by atoms with Crippen molar-refractivity contribution in [3.05, 3.63) is 80.4 Å². The van der Waals surface area contributed by atoms with Gasteiger partial charge < -0.3 is 0 Å². The number of benzene rings is 2. The van der Waals surface area contributed by atoms with Gasteiger partial charge in [0.15, 0.2) is 5.82 Å². The summed E-state index contributed by atoms with van der Waals surface area (Å²) in [4.78, 5) is 17.4. The van der Waals surface area contributed by atoms with Crippen LogP contribution in [0.5, 0.6) is 0 Å². The normalized spacial score (nSPS) is 12.2. The van der Waals surface area contributed by atoms with Crippen LogP contribution in [0.3, 0.4) is 0 Å². The lowest BCUT2D eigenvalue weighted by Gasteiger charge is -1.95. The van der Waals surface area contributed by atoms with Gasteiger partial charge in [-0.05, 0) is 30.7 Å². The fourth-order valence-corrected chi connectivity index (χ4v) is 3.31. The third-order valence-corrected chi connectivity index (χ3v) is 4.60. The molecule has 0 bridgehead atoms. The highest BCUT2D eigenvalue weighted by Crippen LogP contribution is 2.17. The molecule has 6 heteroatoms. The Morgan fingerprint density at radius 2 is 1.96 bits per heavy atom. The van der Waals surface area contributed by atoms with Gasteiger partial charge in [0.25, 0.3) is 5.56 Å². The SMILES string of the molecule is Cc1ccc(-c2nc3s/c(=C/c4cccc(F)c4)c(=O)n3n2)cc1. The number of halogens is 1. The number of nitrogens with zero attached hydrogens (tertiary/aromatic N) is 3. The first-order chi connectivity index (χ1) is 11.6. The largest absolute Gasteiger partial charge is 0.291 e. The van der Waals surface area contributed by atoms with E-state index in [1.165, 1.54) is 28.0 Å². The maximum Gasteiger partial charge on any atom is 0.291 e. The third-order valence-electron chi connectivity index (χ3n) is 3.64. The van der Waals surface area contributed by atoms with Gasteiger partial charge in [0.2, 0.25) is 4.96 Å². The second-order valence-corrected chi connectivity index (χ2v) is 6.48. The van der Waals surface area contributed by atoms with Crippen molar-refractivity contribution in [3.8, 4) is 11.4 Å². The summed E-state index contributed by atoms with van der Waals surface area (Å²) in [5.74, 6) is 0.188. The average molecular weight is 337 g/mol. The molecule has 0 fully saturated rings. The first-order valence-corrected chi connectivity index (χ1v) is 8.16. The average Bonchev–Trinajstić information content (AvgIpc) is 3.09. The van der Waals surface area contributed by atoms with Crippen LogP contribution in [0.15, 0.2) is 53.3 Å². The van der Waals surface area contributed by atoms with Gasteiger partial charge in [-0.2, -0.15) is 9.50 Å². The zero-order chi connectivity index (χ0) is 16.7. The Bertz CT molecular complexity index is 1150. The van der Waals surface area contributed by atoms with Crippen molar-refractivity contribution in [1.29, 1.82) is 0 Å². The van der Waals surface area contributed by atoms with Gasteiger partial charge in [-0.3, -0.25) is 4.79 Å². The molecule has 0 N–H and O–H groups in total. The monoisotopic (exact) mass is 337 g/mol. The maximum absolute atomic E-state index is 13.3. The summed E-state index contributed by atoms with van der Waals surface area (Å²) in [6, 6.07) is 13.9. The van der Waals surface area contributed by atoms with Gasteiger partial charge in [0.05, 0.1) is 4.53 Å². The molecule has 24 heavy (non-hydrogen) atoms. The van der Waals surface area contributed by atoms with E-state index in [4.69, 9.17) is 0 Å². The van der Waals surface area contributed by atoms with E-state index in [0.29, 0.717) is 20.9 Å². The van der Waals surface area contributed by atoms with Gasteiger partial charge in [-0.25, -0.2) is 4.39 Å². The number of aryl methyl sites for hydroxylation is 1. The summed E-state index contributed by atoms with van der Waals surface area (Å²) in [5, 5.41) is 4.30. The van der Waals surface area contributed by atoms with Crippen molar-refractivity contribution in [1.82, 2.24) is 14.6 Å². The van der Waals surface area contributed by atoms with E-state index in [1.54, 1.807) is 18.2 Å². The van der Waals surface area contributed by atoms with E-state index >= 15 is 0 Å². The predicted octanol–water partition coefficient (Wildman–Crippen LogP) is 2.81. The molecule has 4 aromatic rings. The number of aromatic nitrogens is 3. The van der Waals surface area contributed by atoms with E-state index in [9.17, 15) is 9.18 Å². The molecule has 118 valence electrons. The molecule has 0 spiro atoms. The molecule has 0 unspecified atom stereocenters. The number of thiazole rings is 1. The minimum atomic E-state index is -0.336. The number of hydrogen-bond donors (Lipinski definition) is 0.